The first-order chi connectivity index (χ1) is 7.77. The van der Waals surface area contributed by atoms with Gasteiger partial charge >= 0.3 is 0 Å². The van der Waals surface area contributed by atoms with Crippen molar-refractivity contribution < 1.29 is 13.5 Å². The molecule has 2 aliphatic rings. The standard InChI is InChI=1S/C12H13F2NO/c13-9-1-2-10(14)12-11(9)8-6-15-5-7(8)3-4-16-12/h1-2,7-8,15H,3-6H2/t7-,8-/m0/s1. The van der Waals surface area contributed by atoms with Crippen LogP contribution in [-0.4, -0.2) is 19.7 Å². The predicted octanol–water partition coefficient (Wildman–Crippen LogP) is 2.05. The van der Waals surface area contributed by atoms with E-state index in [4.69, 9.17) is 4.74 Å². The molecule has 1 saturated heterocycles. The summed E-state index contributed by atoms with van der Waals surface area (Å²) in [5, 5.41) is 3.23. The fourth-order valence-electron chi connectivity index (χ4n) is 2.73. The Hall–Kier alpha value is -1.16. The van der Waals surface area contributed by atoms with Gasteiger partial charge in [-0.25, -0.2) is 8.78 Å². The Kier molecular flexibility index (Phi) is 2.32. The molecule has 16 heavy (non-hydrogen) atoms. The van der Waals surface area contributed by atoms with Gasteiger partial charge in [-0.05, 0) is 31.0 Å². The summed E-state index contributed by atoms with van der Waals surface area (Å²) >= 11 is 0. The van der Waals surface area contributed by atoms with Crippen LogP contribution in [0.5, 0.6) is 5.75 Å². The van der Waals surface area contributed by atoms with Crippen LogP contribution >= 0.6 is 0 Å². The van der Waals surface area contributed by atoms with Crippen molar-refractivity contribution in [3.8, 4) is 5.75 Å². The predicted molar refractivity (Wildman–Crippen MR) is 55.6 cm³/mol. The average molecular weight is 225 g/mol. The third kappa shape index (κ3) is 1.40. The molecule has 0 aromatic heterocycles. The fraction of sp³-hybridized carbons (Fsp3) is 0.500. The number of rotatable bonds is 0. The van der Waals surface area contributed by atoms with Gasteiger partial charge in [0.15, 0.2) is 11.6 Å². The summed E-state index contributed by atoms with van der Waals surface area (Å²) in [5.41, 5.74) is 0.424. The summed E-state index contributed by atoms with van der Waals surface area (Å²) in [4.78, 5) is 0. The molecule has 0 aliphatic carbocycles. The molecule has 4 heteroatoms. The lowest BCUT2D eigenvalue weighted by Gasteiger charge is -2.16. The maximum Gasteiger partial charge on any atom is 0.165 e. The molecule has 86 valence electrons. The van der Waals surface area contributed by atoms with Crippen LogP contribution in [0, 0.1) is 17.6 Å². The number of halogens is 2. The monoisotopic (exact) mass is 225 g/mol. The van der Waals surface area contributed by atoms with Gasteiger partial charge in [0.05, 0.1) is 6.61 Å². The van der Waals surface area contributed by atoms with E-state index in [1.807, 2.05) is 0 Å². The van der Waals surface area contributed by atoms with Gasteiger partial charge in [-0.2, -0.15) is 0 Å². The zero-order valence-corrected chi connectivity index (χ0v) is 8.80. The molecule has 1 fully saturated rings. The molecule has 2 heterocycles. The van der Waals surface area contributed by atoms with E-state index in [-0.39, 0.29) is 17.5 Å². The second-order valence-electron chi connectivity index (χ2n) is 4.43. The molecule has 2 atom stereocenters. The van der Waals surface area contributed by atoms with E-state index >= 15 is 0 Å². The van der Waals surface area contributed by atoms with E-state index in [1.54, 1.807) is 0 Å². The van der Waals surface area contributed by atoms with Crippen LogP contribution in [0.2, 0.25) is 0 Å². The minimum Gasteiger partial charge on any atom is -0.490 e. The van der Waals surface area contributed by atoms with Crippen molar-refractivity contribution >= 4 is 0 Å². The third-order valence-electron chi connectivity index (χ3n) is 3.54. The first-order valence-corrected chi connectivity index (χ1v) is 5.59. The van der Waals surface area contributed by atoms with Crippen LogP contribution in [0.1, 0.15) is 17.9 Å². The Morgan fingerprint density at radius 2 is 2.00 bits per heavy atom. The first-order valence-electron chi connectivity index (χ1n) is 5.59. The molecular formula is C12H13F2NO. The van der Waals surface area contributed by atoms with Crippen molar-refractivity contribution in [2.45, 2.75) is 12.3 Å². The zero-order chi connectivity index (χ0) is 11.1. The van der Waals surface area contributed by atoms with E-state index in [9.17, 15) is 8.78 Å². The van der Waals surface area contributed by atoms with Crippen molar-refractivity contribution in [2.75, 3.05) is 19.7 Å². The Labute approximate surface area is 92.6 Å². The molecular weight excluding hydrogens is 212 g/mol. The normalized spacial score (nSPS) is 27.9. The SMILES string of the molecule is Fc1ccc(F)c2c1OCC[C@H]1CNC[C@H]21. The molecule has 1 aromatic carbocycles. The van der Waals surface area contributed by atoms with Gasteiger partial charge in [-0.3, -0.25) is 0 Å². The summed E-state index contributed by atoms with van der Waals surface area (Å²) in [6.07, 6.45) is 0.852. The molecule has 1 N–H and O–H groups in total. The topological polar surface area (TPSA) is 21.3 Å². The number of nitrogens with one attached hydrogen (secondary N) is 1. The van der Waals surface area contributed by atoms with Crippen molar-refractivity contribution in [1.29, 1.82) is 0 Å². The molecule has 0 unspecified atom stereocenters. The van der Waals surface area contributed by atoms with Crippen LogP contribution in [0.25, 0.3) is 0 Å². The van der Waals surface area contributed by atoms with E-state index in [2.05, 4.69) is 5.32 Å². The highest BCUT2D eigenvalue weighted by atomic mass is 19.1. The zero-order valence-electron chi connectivity index (χ0n) is 8.80. The van der Waals surface area contributed by atoms with Gasteiger partial charge in [0.2, 0.25) is 0 Å². The van der Waals surface area contributed by atoms with E-state index < -0.39 is 5.82 Å². The van der Waals surface area contributed by atoms with Crippen molar-refractivity contribution in [1.82, 2.24) is 5.32 Å². The van der Waals surface area contributed by atoms with Gasteiger partial charge in [0.25, 0.3) is 0 Å². The van der Waals surface area contributed by atoms with E-state index in [0.29, 0.717) is 24.6 Å². The first kappa shape index (κ1) is 10.0. The van der Waals surface area contributed by atoms with Gasteiger partial charge in [-0.15, -0.1) is 0 Å². The van der Waals surface area contributed by atoms with E-state index in [1.165, 1.54) is 6.07 Å². The number of benzene rings is 1. The van der Waals surface area contributed by atoms with Crippen molar-refractivity contribution in [3.05, 3.63) is 29.3 Å². The molecule has 2 nitrogen and oxygen atoms in total. The Morgan fingerprint density at radius 1 is 1.19 bits per heavy atom. The second-order valence-corrected chi connectivity index (χ2v) is 4.43. The smallest absolute Gasteiger partial charge is 0.165 e. The van der Waals surface area contributed by atoms with Crippen LogP contribution < -0.4 is 10.1 Å². The molecule has 1 aromatic rings. The molecule has 3 rings (SSSR count). The summed E-state index contributed by atoms with van der Waals surface area (Å²) < 4.78 is 32.7. The number of fused-ring (bicyclic) bond motifs is 3. The minimum atomic E-state index is -0.455. The highest BCUT2D eigenvalue weighted by Gasteiger charge is 2.35. The van der Waals surface area contributed by atoms with Gasteiger partial charge in [0.1, 0.15) is 5.82 Å². The van der Waals surface area contributed by atoms with Gasteiger partial charge in [0, 0.05) is 18.0 Å². The lowest BCUT2D eigenvalue weighted by Crippen LogP contribution is -2.11. The van der Waals surface area contributed by atoms with Crippen LogP contribution in [-0.2, 0) is 0 Å². The molecule has 2 aliphatic heterocycles. The second kappa shape index (κ2) is 3.70. The highest BCUT2D eigenvalue weighted by Crippen LogP contribution is 2.41. The molecule has 0 spiro atoms. The van der Waals surface area contributed by atoms with Crippen molar-refractivity contribution in [2.24, 2.45) is 5.92 Å². The highest BCUT2D eigenvalue weighted by molar-refractivity contribution is 5.41. The number of ether oxygens (including phenoxy) is 1. The molecule has 0 bridgehead atoms. The Balaban J connectivity index is 2.15. The number of hydrogen-bond acceptors (Lipinski definition) is 2. The lowest BCUT2D eigenvalue weighted by molar-refractivity contribution is 0.284. The average Bonchev–Trinajstić information content (AvgIpc) is 2.64. The third-order valence-corrected chi connectivity index (χ3v) is 3.54. The van der Waals surface area contributed by atoms with E-state index in [0.717, 1.165) is 19.0 Å². The maximum absolute atomic E-state index is 13.8. The van der Waals surface area contributed by atoms with Gasteiger partial charge < -0.3 is 10.1 Å². The Bertz CT molecular complexity index is 422. The summed E-state index contributed by atoms with van der Waals surface area (Å²) in [6, 6.07) is 2.33. The molecule has 0 saturated carbocycles. The fourth-order valence-corrected chi connectivity index (χ4v) is 2.73. The summed E-state index contributed by atoms with van der Waals surface area (Å²) in [6.45, 7) is 2.04. The minimum absolute atomic E-state index is 0.0493. The molecule has 0 radical (unpaired) electrons. The summed E-state index contributed by atoms with van der Waals surface area (Å²) in [5.74, 6) is -0.275. The van der Waals surface area contributed by atoms with Crippen LogP contribution in [0.15, 0.2) is 12.1 Å². The molecule has 0 amide bonds. The van der Waals surface area contributed by atoms with Crippen molar-refractivity contribution in [3.63, 3.8) is 0 Å². The quantitative estimate of drug-likeness (QED) is 0.729. The number of hydrogen-bond donors (Lipinski definition) is 1. The maximum atomic E-state index is 13.8. The Morgan fingerprint density at radius 3 is 2.88 bits per heavy atom. The van der Waals surface area contributed by atoms with Gasteiger partial charge in [-0.1, -0.05) is 0 Å². The largest absolute Gasteiger partial charge is 0.490 e. The van der Waals surface area contributed by atoms with Crippen LogP contribution in [0.4, 0.5) is 8.78 Å². The lowest BCUT2D eigenvalue weighted by atomic mass is 9.87. The van der Waals surface area contributed by atoms with Crippen LogP contribution in [0.3, 0.4) is 0 Å². The summed E-state index contributed by atoms with van der Waals surface area (Å²) in [7, 11) is 0.